The predicted octanol–water partition coefficient (Wildman–Crippen LogP) is 3.56. The Balaban J connectivity index is 1.26. The maximum atomic E-state index is 14.9. The summed E-state index contributed by atoms with van der Waals surface area (Å²) in [4.78, 5) is 12.4. The lowest BCUT2D eigenvalue weighted by Crippen LogP contribution is -2.49. The van der Waals surface area contributed by atoms with Crippen LogP contribution < -0.4 is 4.90 Å². The van der Waals surface area contributed by atoms with Crippen molar-refractivity contribution in [1.29, 1.82) is 5.26 Å². The zero-order valence-electron chi connectivity index (χ0n) is 20.0. The SMILES string of the molecule is N#Cc1ccnc(N2CCC(c3nnc4n3-c3ccc(Cl)cc3CN(CC(F)(F)C3COC3)C4)CC2)n1. The van der Waals surface area contributed by atoms with Crippen molar-refractivity contribution in [2.24, 2.45) is 5.92 Å². The first-order chi connectivity index (χ1) is 17.9. The van der Waals surface area contributed by atoms with Crippen LogP contribution in [0.15, 0.2) is 30.5 Å². The van der Waals surface area contributed by atoms with Gasteiger partial charge in [0.25, 0.3) is 5.92 Å². The molecule has 6 rings (SSSR count). The second kappa shape index (κ2) is 9.59. The Labute approximate surface area is 217 Å². The molecule has 12 heteroatoms. The van der Waals surface area contributed by atoms with Crippen LogP contribution in [0.3, 0.4) is 0 Å². The van der Waals surface area contributed by atoms with E-state index in [1.165, 1.54) is 0 Å². The predicted molar refractivity (Wildman–Crippen MR) is 131 cm³/mol. The number of ether oxygens (including phenoxy) is 1. The molecule has 0 N–H and O–H groups in total. The molecule has 2 aromatic heterocycles. The van der Waals surface area contributed by atoms with Gasteiger partial charge in [-0.1, -0.05) is 11.6 Å². The molecule has 37 heavy (non-hydrogen) atoms. The van der Waals surface area contributed by atoms with Crippen molar-refractivity contribution in [2.45, 2.75) is 37.8 Å². The minimum atomic E-state index is -2.85. The maximum Gasteiger partial charge on any atom is 0.267 e. The molecular weight excluding hydrogens is 502 g/mol. The van der Waals surface area contributed by atoms with Crippen molar-refractivity contribution < 1.29 is 13.5 Å². The van der Waals surface area contributed by atoms with Crippen LogP contribution in [0.1, 0.15) is 41.7 Å². The molecule has 0 aliphatic carbocycles. The van der Waals surface area contributed by atoms with Crippen molar-refractivity contribution in [1.82, 2.24) is 29.6 Å². The first-order valence-corrected chi connectivity index (χ1v) is 12.7. The van der Waals surface area contributed by atoms with Gasteiger partial charge in [-0.25, -0.2) is 18.7 Å². The van der Waals surface area contributed by atoms with Crippen LogP contribution in [0.4, 0.5) is 14.7 Å². The van der Waals surface area contributed by atoms with E-state index < -0.39 is 11.8 Å². The smallest absolute Gasteiger partial charge is 0.267 e. The first kappa shape index (κ1) is 24.2. The van der Waals surface area contributed by atoms with Gasteiger partial charge < -0.3 is 9.64 Å². The van der Waals surface area contributed by atoms with Crippen LogP contribution in [0, 0.1) is 17.2 Å². The lowest BCUT2D eigenvalue weighted by molar-refractivity contribution is -0.179. The summed E-state index contributed by atoms with van der Waals surface area (Å²) in [6.45, 7) is 1.81. The normalized spacial score (nSPS) is 19.0. The molecule has 1 aromatic carbocycles. The Bertz CT molecular complexity index is 1350. The largest absolute Gasteiger partial charge is 0.380 e. The number of fused-ring (bicyclic) bond motifs is 3. The van der Waals surface area contributed by atoms with Gasteiger partial charge in [-0.2, -0.15) is 5.26 Å². The molecule has 3 aliphatic heterocycles. The fourth-order valence-corrected chi connectivity index (χ4v) is 5.47. The lowest BCUT2D eigenvalue weighted by Gasteiger charge is -2.36. The maximum absolute atomic E-state index is 14.9. The molecule has 2 saturated heterocycles. The van der Waals surface area contributed by atoms with E-state index in [4.69, 9.17) is 21.6 Å². The minimum Gasteiger partial charge on any atom is -0.380 e. The Morgan fingerprint density at radius 1 is 1.14 bits per heavy atom. The number of nitriles is 1. The van der Waals surface area contributed by atoms with Gasteiger partial charge in [0.2, 0.25) is 5.95 Å². The highest BCUT2D eigenvalue weighted by atomic mass is 35.5. The molecule has 3 aliphatic rings. The van der Waals surface area contributed by atoms with Crippen molar-refractivity contribution >= 4 is 17.5 Å². The van der Waals surface area contributed by atoms with Crippen LogP contribution >= 0.6 is 11.6 Å². The third-order valence-electron chi connectivity index (χ3n) is 7.37. The molecular formula is C25H25ClF2N8O. The van der Waals surface area contributed by atoms with Gasteiger partial charge in [-0.05, 0) is 42.7 Å². The number of hydrogen-bond acceptors (Lipinski definition) is 8. The summed E-state index contributed by atoms with van der Waals surface area (Å²) in [6.07, 6.45) is 3.19. The number of anilines is 1. The average molecular weight is 527 g/mol. The van der Waals surface area contributed by atoms with Crippen molar-refractivity contribution in [3.05, 3.63) is 58.4 Å². The number of nitrogens with zero attached hydrogens (tertiary/aromatic N) is 8. The lowest BCUT2D eigenvalue weighted by atomic mass is 9.95. The third kappa shape index (κ3) is 4.65. The molecule has 2 fully saturated rings. The van der Waals surface area contributed by atoms with Crippen LogP contribution in [-0.2, 0) is 17.8 Å². The summed E-state index contributed by atoms with van der Waals surface area (Å²) in [5.41, 5.74) is 2.09. The summed E-state index contributed by atoms with van der Waals surface area (Å²) >= 11 is 6.32. The second-order valence-electron chi connectivity index (χ2n) is 9.84. The molecule has 0 saturated carbocycles. The Morgan fingerprint density at radius 2 is 1.95 bits per heavy atom. The van der Waals surface area contributed by atoms with Gasteiger partial charge in [-0.15, -0.1) is 10.2 Å². The van der Waals surface area contributed by atoms with Gasteiger partial charge in [0.15, 0.2) is 5.82 Å². The summed E-state index contributed by atoms with van der Waals surface area (Å²) in [6, 6.07) is 9.22. The minimum absolute atomic E-state index is 0.0914. The fourth-order valence-electron chi connectivity index (χ4n) is 5.27. The number of rotatable bonds is 5. The molecule has 0 amide bonds. The van der Waals surface area contributed by atoms with Crippen LogP contribution in [0.2, 0.25) is 5.02 Å². The number of piperidine rings is 1. The Hall–Kier alpha value is -3.20. The zero-order chi connectivity index (χ0) is 25.6. The number of hydrogen-bond donors (Lipinski definition) is 0. The van der Waals surface area contributed by atoms with E-state index in [1.54, 1.807) is 17.2 Å². The van der Waals surface area contributed by atoms with Crippen molar-refractivity contribution in [3.63, 3.8) is 0 Å². The van der Waals surface area contributed by atoms with Crippen molar-refractivity contribution in [3.8, 4) is 11.8 Å². The third-order valence-corrected chi connectivity index (χ3v) is 7.60. The van der Waals surface area contributed by atoms with E-state index in [1.807, 2.05) is 22.8 Å². The van der Waals surface area contributed by atoms with Gasteiger partial charge >= 0.3 is 0 Å². The highest BCUT2D eigenvalue weighted by molar-refractivity contribution is 6.30. The van der Waals surface area contributed by atoms with Crippen LogP contribution in [-0.4, -0.2) is 68.4 Å². The van der Waals surface area contributed by atoms with E-state index >= 15 is 0 Å². The number of halogens is 3. The van der Waals surface area contributed by atoms with E-state index in [-0.39, 0.29) is 32.2 Å². The van der Waals surface area contributed by atoms with Gasteiger partial charge in [0.1, 0.15) is 17.6 Å². The number of benzene rings is 1. The van der Waals surface area contributed by atoms with Crippen molar-refractivity contribution in [2.75, 3.05) is 37.7 Å². The van der Waals surface area contributed by atoms with Gasteiger partial charge in [0, 0.05) is 36.8 Å². The molecule has 0 spiro atoms. The quantitative estimate of drug-likeness (QED) is 0.498. The molecule has 0 radical (unpaired) electrons. The van der Waals surface area contributed by atoms with E-state index in [0.29, 0.717) is 42.1 Å². The average Bonchev–Trinajstić information content (AvgIpc) is 3.19. The van der Waals surface area contributed by atoms with Crippen LogP contribution in [0.5, 0.6) is 0 Å². The molecule has 0 bridgehead atoms. The first-order valence-electron chi connectivity index (χ1n) is 12.3. The zero-order valence-corrected chi connectivity index (χ0v) is 20.8. The summed E-state index contributed by atoms with van der Waals surface area (Å²) in [5.74, 6) is -1.47. The van der Waals surface area contributed by atoms with E-state index in [0.717, 1.165) is 29.9 Å². The number of aromatic nitrogens is 5. The highest BCUT2D eigenvalue weighted by Gasteiger charge is 2.45. The topological polar surface area (TPSA) is 96.0 Å². The Morgan fingerprint density at radius 3 is 2.68 bits per heavy atom. The van der Waals surface area contributed by atoms with Gasteiger partial charge in [-0.3, -0.25) is 9.47 Å². The fraction of sp³-hybridized carbons (Fsp3) is 0.480. The molecule has 5 heterocycles. The summed E-state index contributed by atoms with van der Waals surface area (Å²) < 4.78 is 36.9. The highest BCUT2D eigenvalue weighted by Crippen LogP contribution is 2.36. The summed E-state index contributed by atoms with van der Waals surface area (Å²) in [5, 5.41) is 18.7. The molecule has 192 valence electrons. The molecule has 0 unspecified atom stereocenters. The Kier molecular flexibility index (Phi) is 6.26. The molecule has 0 atom stereocenters. The van der Waals surface area contributed by atoms with Gasteiger partial charge in [0.05, 0.1) is 37.9 Å². The monoisotopic (exact) mass is 526 g/mol. The standard InChI is InChI=1S/C25H25ClF2N8O/c26-19-1-2-21-17(9-19)11-34(15-25(27,28)18-13-37-14-18)12-22-32-33-23(36(21)22)16-4-7-35(8-5-16)24-30-6-3-20(10-29)31-24/h1-3,6,9,16,18H,4-5,7-8,11-15H2. The molecule has 3 aromatic rings. The summed E-state index contributed by atoms with van der Waals surface area (Å²) in [7, 11) is 0. The second-order valence-corrected chi connectivity index (χ2v) is 10.3. The van der Waals surface area contributed by atoms with E-state index in [9.17, 15) is 8.78 Å². The molecule has 9 nitrogen and oxygen atoms in total. The van der Waals surface area contributed by atoms with Crippen LogP contribution in [0.25, 0.3) is 5.69 Å². The number of alkyl halides is 2. The van der Waals surface area contributed by atoms with E-state index in [2.05, 4.69) is 31.1 Å².